The van der Waals surface area contributed by atoms with Crippen LogP contribution in [0.15, 0.2) is 70.5 Å². The van der Waals surface area contributed by atoms with E-state index in [9.17, 15) is 9.59 Å². The quantitative estimate of drug-likeness (QED) is 0.367. The van der Waals surface area contributed by atoms with Crippen molar-refractivity contribution in [2.45, 2.75) is 39.5 Å². The number of nitrogens with zero attached hydrogens (tertiary/aromatic N) is 1. The number of para-hydroxylation sites is 1. The number of hydrogen-bond donors (Lipinski definition) is 1. The summed E-state index contributed by atoms with van der Waals surface area (Å²) < 4.78 is 0. The van der Waals surface area contributed by atoms with Crippen LogP contribution in [0.2, 0.25) is 0 Å². The monoisotopic (exact) mass is 515 g/mol. The molecule has 0 aliphatic heterocycles. The Morgan fingerprint density at radius 1 is 0.844 bits per heavy atom. The summed E-state index contributed by atoms with van der Waals surface area (Å²) in [5, 5.41) is 0. The van der Waals surface area contributed by atoms with Crippen LogP contribution in [-0.2, 0) is 16.8 Å². The Morgan fingerprint density at radius 3 is 1.91 bits per heavy atom. The molecule has 0 saturated carbocycles. The molecule has 1 radical (unpaired) electrons. The molecule has 0 saturated heterocycles. The normalized spacial score (nSPS) is 10.4. The molecule has 171 valence electrons. The van der Waals surface area contributed by atoms with Crippen LogP contribution in [0.1, 0.15) is 61.0 Å². The Balaban J connectivity index is 0.00000320. The van der Waals surface area contributed by atoms with E-state index in [1.807, 2.05) is 48.5 Å². The third kappa shape index (κ3) is 6.91. The van der Waals surface area contributed by atoms with Crippen molar-refractivity contribution in [3.8, 4) is 11.3 Å². The number of ketones is 1. The second kappa shape index (κ2) is 13.4. The zero-order valence-electron chi connectivity index (χ0n) is 18.4. The molecule has 3 aromatic rings. The zero-order chi connectivity index (χ0) is 21.0. The van der Waals surface area contributed by atoms with Gasteiger partial charge in [0.05, 0.1) is 17.5 Å². The van der Waals surface area contributed by atoms with Crippen LogP contribution in [0.3, 0.4) is 0 Å². The summed E-state index contributed by atoms with van der Waals surface area (Å²) in [6, 6.07) is 18.9. The van der Waals surface area contributed by atoms with E-state index in [4.69, 9.17) is 0 Å². The fraction of sp³-hybridized carbons (Fsp3) is 0.240. The van der Waals surface area contributed by atoms with E-state index in [1.165, 1.54) is 6.21 Å². The van der Waals surface area contributed by atoms with Gasteiger partial charge in [-0.25, -0.2) is 0 Å². The first-order valence-corrected chi connectivity index (χ1v) is 9.88. The van der Waals surface area contributed by atoms with Gasteiger partial charge in [-0.3, -0.25) is 14.6 Å². The number of halogens is 2. The number of benzene rings is 2. The Bertz CT molecular complexity index is 1080. The predicted molar refractivity (Wildman–Crippen MR) is 120 cm³/mol. The van der Waals surface area contributed by atoms with Crippen molar-refractivity contribution in [2.24, 2.45) is 4.99 Å². The van der Waals surface area contributed by atoms with Crippen LogP contribution in [-0.4, -0.2) is 17.0 Å². The van der Waals surface area contributed by atoms with E-state index < -0.39 is 11.3 Å². The predicted octanol–water partition coefficient (Wildman–Crippen LogP) is -0.121. The fourth-order valence-electron chi connectivity index (χ4n) is 3.31. The molecule has 0 bridgehead atoms. The van der Waals surface area contributed by atoms with Gasteiger partial charge < -0.3 is 29.8 Å². The fourth-order valence-corrected chi connectivity index (χ4v) is 3.31. The third-order valence-corrected chi connectivity index (χ3v) is 4.91. The largest absolute Gasteiger partial charge is 2.00 e. The van der Waals surface area contributed by atoms with Gasteiger partial charge in [-0.15, -0.1) is 0 Å². The molecule has 7 heteroatoms. The molecule has 0 aliphatic rings. The molecule has 1 heterocycles. The van der Waals surface area contributed by atoms with Crippen LogP contribution in [0, 0.1) is 0 Å². The van der Waals surface area contributed by atoms with Gasteiger partial charge in [0.1, 0.15) is 0 Å². The zero-order valence-corrected chi connectivity index (χ0v) is 20.9. The van der Waals surface area contributed by atoms with Crippen molar-refractivity contribution < 1.29 is 46.4 Å². The van der Waals surface area contributed by atoms with Crippen LogP contribution >= 0.6 is 0 Å². The SMILES string of the molecule is CC(C)c1cccc(C(C)C)c1N=CC(=O)c1ccc(-c2ccccc2)[nH]c1=O.[Cl-].[Cl-].[Co+2]. The van der Waals surface area contributed by atoms with E-state index in [-0.39, 0.29) is 59.0 Å². The average Bonchev–Trinajstić information content (AvgIpc) is 2.72. The Labute approximate surface area is 212 Å². The molecular weight excluding hydrogens is 490 g/mol. The Kier molecular flexibility index (Phi) is 12.5. The van der Waals surface area contributed by atoms with Gasteiger partial charge in [0.15, 0.2) is 0 Å². The number of rotatable bonds is 6. The Morgan fingerprint density at radius 2 is 1.41 bits per heavy atom. The smallest absolute Gasteiger partial charge is 1.00 e. The van der Waals surface area contributed by atoms with Gasteiger partial charge >= 0.3 is 16.8 Å². The minimum absolute atomic E-state index is 0. The number of aliphatic imine (C=N–C) groups is 1. The second-order valence-electron chi connectivity index (χ2n) is 7.70. The maximum atomic E-state index is 12.7. The molecule has 0 amide bonds. The van der Waals surface area contributed by atoms with Crippen molar-refractivity contribution in [1.29, 1.82) is 0 Å². The number of nitrogens with one attached hydrogen (secondary N) is 1. The van der Waals surface area contributed by atoms with Crippen molar-refractivity contribution in [1.82, 2.24) is 4.98 Å². The molecule has 0 atom stereocenters. The maximum Gasteiger partial charge on any atom is 2.00 e. The maximum absolute atomic E-state index is 12.7. The van der Waals surface area contributed by atoms with Crippen LogP contribution in [0.25, 0.3) is 11.3 Å². The molecule has 1 N–H and O–H groups in total. The topological polar surface area (TPSA) is 62.3 Å². The summed E-state index contributed by atoms with van der Waals surface area (Å²) in [5.74, 6) is 0.160. The molecule has 1 aromatic heterocycles. The van der Waals surface area contributed by atoms with Crippen molar-refractivity contribution >= 4 is 17.7 Å². The minimum Gasteiger partial charge on any atom is -1.00 e. The number of carbonyl (C=O) groups excluding carboxylic acids is 1. The number of pyridine rings is 1. The molecule has 2 aromatic carbocycles. The first-order chi connectivity index (χ1) is 13.9. The van der Waals surface area contributed by atoms with E-state index >= 15 is 0 Å². The molecule has 0 unspecified atom stereocenters. The molecule has 0 spiro atoms. The van der Waals surface area contributed by atoms with Gasteiger partial charge in [-0.2, -0.15) is 0 Å². The second-order valence-corrected chi connectivity index (χ2v) is 7.70. The van der Waals surface area contributed by atoms with Crippen LogP contribution < -0.4 is 30.4 Å². The molecule has 3 rings (SSSR count). The van der Waals surface area contributed by atoms with Gasteiger partial charge in [-0.05, 0) is 40.7 Å². The molecule has 0 fully saturated rings. The van der Waals surface area contributed by atoms with E-state index in [0.717, 1.165) is 22.4 Å². The number of hydrogen-bond acceptors (Lipinski definition) is 3. The first kappa shape index (κ1) is 29.8. The number of aromatic nitrogens is 1. The van der Waals surface area contributed by atoms with Crippen LogP contribution in [0.5, 0.6) is 0 Å². The van der Waals surface area contributed by atoms with Crippen molar-refractivity contribution in [3.63, 3.8) is 0 Å². The first-order valence-electron chi connectivity index (χ1n) is 9.88. The van der Waals surface area contributed by atoms with Crippen molar-refractivity contribution in [2.75, 3.05) is 0 Å². The summed E-state index contributed by atoms with van der Waals surface area (Å²) in [5.41, 5.74) is 4.25. The van der Waals surface area contributed by atoms with Crippen LogP contribution in [0.4, 0.5) is 5.69 Å². The number of carbonyl (C=O) groups is 1. The third-order valence-electron chi connectivity index (χ3n) is 4.91. The van der Waals surface area contributed by atoms with E-state index in [1.54, 1.807) is 12.1 Å². The summed E-state index contributed by atoms with van der Waals surface area (Å²) in [4.78, 5) is 32.5. The van der Waals surface area contributed by atoms with Gasteiger partial charge in [0.2, 0.25) is 5.78 Å². The minimum atomic E-state index is -0.413. The molecule has 0 aliphatic carbocycles. The molecular formula is C25H26Cl2CoN2O2. The summed E-state index contributed by atoms with van der Waals surface area (Å²) >= 11 is 0. The number of H-pyrrole nitrogens is 1. The summed E-state index contributed by atoms with van der Waals surface area (Å²) in [6.07, 6.45) is 1.26. The summed E-state index contributed by atoms with van der Waals surface area (Å²) in [7, 11) is 0. The molecule has 4 nitrogen and oxygen atoms in total. The van der Waals surface area contributed by atoms with Gasteiger partial charge in [-0.1, -0.05) is 76.2 Å². The molecule has 32 heavy (non-hydrogen) atoms. The number of aromatic amines is 1. The standard InChI is InChI=1S/C25H26N2O2.2ClH.Co/c1-16(2)19-11-8-12-20(17(3)4)24(19)26-15-23(28)21-13-14-22(27-25(21)29)18-9-6-5-7-10-18;;;/h5-17H,1-4H3,(H,27,29);2*1H;/q;;;+2/p-2. The summed E-state index contributed by atoms with van der Waals surface area (Å²) in [6.45, 7) is 8.42. The average molecular weight is 516 g/mol. The van der Waals surface area contributed by atoms with E-state index in [2.05, 4.69) is 37.7 Å². The van der Waals surface area contributed by atoms with E-state index in [0.29, 0.717) is 5.69 Å². The number of Topliss-reactive ketones (excluding diaryl/α,β-unsaturated/α-hetero) is 1. The van der Waals surface area contributed by atoms with Crippen molar-refractivity contribution in [3.05, 3.63) is 87.7 Å². The Hall–Kier alpha value is -2.18. The van der Waals surface area contributed by atoms with Gasteiger partial charge in [0, 0.05) is 5.69 Å². The van der Waals surface area contributed by atoms with Gasteiger partial charge in [0.25, 0.3) is 5.56 Å².